The molecule has 0 bridgehead atoms. The molecule has 1 aliphatic heterocycles. The summed E-state index contributed by atoms with van der Waals surface area (Å²) in [5.74, 6) is 0.399. The summed E-state index contributed by atoms with van der Waals surface area (Å²) in [6, 6.07) is 9.74. The van der Waals surface area contributed by atoms with E-state index in [2.05, 4.69) is 13.8 Å². The molecule has 25 heavy (non-hydrogen) atoms. The van der Waals surface area contributed by atoms with E-state index >= 15 is 0 Å². The Morgan fingerprint density at radius 2 is 1.96 bits per heavy atom. The predicted octanol–water partition coefficient (Wildman–Crippen LogP) is 2.43. The summed E-state index contributed by atoms with van der Waals surface area (Å²) in [6.07, 6.45) is 1.81. The van der Waals surface area contributed by atoms with Gasteiger partial charge in [-0.05, 0) is 24.3 Å². The topological polar surface area (TPSA) is 66.6 Å². The fourth-order valence-electron chi connectivity index (χ4n) is 3.47. The zero-order valence-electron chi connectivity index (χ0n) is 15.8. The number of piperidine rings is 1. The van der Waals surface area contributed by atoms with Gasteiger partial charge in [0.2, 0.25) is 11.8 Å². The SMILES string of the molecule is CC(C)C(N)CCN(C)C(=O)C1CCC(=O)N(C)C1c1ccccc1. The Bertz CT molecular complexity index is 588. The number of nitrogens with two attached hydrogens (primary N) is 1. The van der Waals surface area contributed by atoms with Crippen LogP contribution in [0.25, 0.3) is 0 Å². The van der Waals surface area contributed by atoms with Gasteiger partial charge in [-0.1, -0.05) is 44.2 Å². The highest BCUT2D eigenvalue weighted by Crippen LogP contribution is 2.36. The summed E-state index contributed by atoms with van der Waals surface area (Å²) in [4.78, 5) is 28.8. The van der Waals surface area contributed by atoms with Crippen LogP contribution in [0, 0.1) is 11.8 Å². The first-order chi connectivity index (χ1) is 11.8. The molecule has 0 spiro atoms. The minimum atomic E-state index is -0.203. The number of nitrogens with zero attached hydrogens (tertiary/aromatic N) is 2. The Morgan fingerprint density at radius 3 is 2.56 bits per heavy atom. The van der Waals surface area contributed by atoms with Gasteiger partial charge >= 0.3 is 0 Å². The van der Waals surface area contributed by atoms with Crippen LogP contribution in [-0.2, 0) is 9.59 Å². The van der Waals surface area contributed by atoms with Crippen LogP contribution in [0.4, 0.5) is 0 Å². The summed E-state index contributed by atoms with van der Waals surface area (Å²) in [5.41, 5.74) is 7.13. The zero-order chi connectivity index (χ0) is 18.6. The van der Waals surface area contributed by atoms with Crippen LogP contribution >= 0.6 is 0 Å². The monoisotopic (exact) mass is 345 g/mol. The standard InChI is InChI=1S/C20H31N3O2/c1-14(2)17(21)12-13-22(3)20(25)16-10-11-18(24)23(4)19(16)15-8-6-5-7-9-15/h5-9,14,16-17,19H,10-13,21H2,1-4H3. The van der Waals surface area contributed by atoms with E-state index in [1.54, 1.807) is 16.8 Å². The smallest absolute Gasteiger partial charge is 0.227 e. The zero-order valence-corrected chi connectivity index (χ0v) is 15.8. The third kappa shape index (κ3) is 4.60. The van der Waals surface area contributed by atoms with Crippen molar-refractivity contribution in [2.24, 2.45) is 17.6 Å². The molecule has 0 radical (unpaired) electrons. The first-order valence-electron chi connectivity index (χ1n) is 9.14. The number of carbonyl (C=O) groups is 2. The highest BCUT2D eigenvalue weighted by atomic mass is 16.2. The Morgan fingerprint density at radius 1 is 1.32 bits per heavy atom. The van der Waals surface area contributed by atoms with Crippen molar-refractivity contribution >= 4 is 11.8 Å². The molecule has 0 aliphatic carbocycles. The maximum absolute atomic E-state index is 13.1. The van der Waals surface area contributed by atoms with Crippen molar-refractivity contribution in [2.75, 3.05) is 20.6 Å². The molecule has 1 heterocycles. The Balaban J connectivity index is 2.13. The Labute approximate surface area is 151 Å². The van der Waals surface area contributed by atoms with Crippen LogP contribution in [0.5, 0.6) is 0 Å². The molecule has 0 saturated carbocycles. The first kappa shape index (κ1) is 19.4. The molecule has 3 atom stereocenters. The van der Waals surface area contributed by atoms with Gasteiger partial charge in [-0.2, -0.15) is 0 Å². The fourth-order valence-corrected chi connectivity index (χ4v) is 3.47. The Kier molecular flexibility index (Phi) is 6.59. The van der Waals surface area contributed by atoms with Gasteiger partial charge in [-0.15, -0.1) is 0 Å². The van der Waals surface area contributed by atoms with Crippen LogP contribution in [0.1, 0.15) is 44.7 Å². The van der Waals surface area contributed by atoms with Crippen molar-refractivity contribution in [3.63, 3.8) is 0 Å². The number of amides is 2. The van der Waals surface area contributed by atoms with Crippen molar-refractivity contribution in [3.05, 3.63) is 35.9 Å². The molecule has 138 valence electrons. The molecule has 1 aromatic rings. The van der Waals surface area contributed by atoms with Crippen molar-refractivity contribution < 1.29 is 9.59 Å². The molecule has 1 saturated heterocycles. The lowest BCUT2D eigenvalue weighted by Crippen LogP contribution is -2.47. The fraction of sp³-hybridized carbons (Fsp3) is 0.600. The third-order valence-corrected chi connectivity index (χ3v) is 5.35. The minimum absolute atomic E-state index is 0.0933. The van der Waals surface area contributed by atoms with Crippen LogP contribution < -0.4 is 5.73 Å². The molecule has 3 unspecified atom stereocenters. The molecule has 2 N–H and O–H groups in total. The van der Waals surface area contributed by atoms with Crippen LogP contribution in [0.2, 0.25) is 0 Å². The van der Waals surface area contributed by atoms with E-state index < -0.39 is 0 Å². The largest absolute Gasteiger partial charge is 0.345 e. The van der Waals surface area contributed by atoms with Crippen molar-refractivity contribution in [1.29, 1.82) is 0 Å². The molecule has 5 nitrogen and oxygen atoms in total. The number of hydrogen-bond acceptors (Lipinski definition) is 3. The Hall–Kier alpha value is -1.88. The van der Waals surface area contributed by atoms with E-state index in [0.717, 1.165) is 12.0 Å². The van der Waals surface area contributed by atoms with E-state index in [-0.39, 0.29) is 29.8 Å². The number of carbonyl (C=O) groups excluding carboxylic acids is 2. The molecular formula is C20H31N3O2. The van der Waals surface area contributed by atoms with Gasteiger partial charge in [0, 0.05) is 33.1 Å². The van der Waals surface area contributed by atoms with Crippen LogP contribution in [0.15, 0.2) is 30.3 Å². The second-order valence-electron chi connectivity index (χ2n) is 7.46. The minimum Gasteiger partial charge on any atom is -0.345 e. The molecule has 1 aliphatic rings. The summed E-state index contributed by atoms with van der Waals surface area (Å²) in [5, 5.41) is 0. The van der Waals surface area contributed by atoms with E-state index in [4.69, 9.17) is 5.73 Å². The van der Waals surface area contributed by atoms with Crippen molar-refractivity contribution in [1.82, 2.24) is 9.80 Å². The van der Waals surface area contributed by atoms with E-state index in [1.165, 1.54) is 0 Å². The average Bonchev–Trinajstić information content (AvgIpc) is 2.61. The lowest BCUT2D eigenvalue weighted by atomic mass is 9.83. The van der Waals surface area contributed by atoms with E-state index in [0.29, 0.717) is 25.3 Å². The highest BCUT2D eigenvalue weighted by Gasteiger charge is 2.39. The summed E-state index contributed by atoms with van der Waals surface area (Å²) < 4.78 is 0. The van der Waals surface area contributed by atoms with Crippen LogP contribution in [0.3, 0.4) is 0 Å². The van der Waals surface area contributed by atoms with E-state index in [1.807, 2.05) is 37.4 Å². The molecule has 5 heteroatoms. The quantitative estimate of drug-likeness (QED) is 0.861. The molecular weight excluding hydrogens is 314 g/mol. The van der Waals surface area contributed by atoms with Gasteiger partial charge in [0.1, 0.15) is 0 Å². The molecule has 2 rings (SSSR count). The second-order valence-corrected chi connectivity index (χ2v) is 7.46. The lowest BCUT2D eigenvalue weighted by molar-refractivity contribution is -0.146. The van der Waals surface area contributed by atoms with Crippen molar-refractivity contribution in [2.45, 2.75) is 45.2 Å². The van der Waals surface area contributed by atoms with Gasteiger partial charge in [0.15, 0.2) is 0 Å². The third-order valence-electron chi connectivity index (χ3n) is 5.35. The van der Waals surface area contributed by atoms with E-state index in [9.17, 15) is 9.59 Å². The molecule has 1 aromatic carbocycles. The molecule has 1 fully saturated rings. The lowest BCUT2D eigenvalue weighted by Gasteiger charge is -2.40. The van der Waals surface area contributed by atoms with Gasteiger partial charge in [-0.25, -0.2) is 0 Å². The van der Waals surface area contributed by atoms with Crippen LogP contribution in [-0.4, -0.2) is 48.3 Å². The molecule has 0 aromatic heterocycles. The second kappa shape index (κ2) is 8.48. The van der Waals surface area contributed by atoms with Gasteiger partial charge in [0.05, 0.1) is 12.0 Å². The van der Waals surface area contributed by atoms with Gasteiger partial charge in [0.25, 0.3) is 0 Å². The normalized spacial score (nSPS) is 22.2. The number of benzene rings is 1. The molecule has 2 amide bonds. The predicted molar refractivity (Wildman–Crippen MR) is 99.7 cm³/mol. The number of likely N-dealkylation sites (tertiary alicyclic amines) is 1. The number of hydrogen-bond donors (Lipinski definition) is 1. The summed E-state index contributed by atoms with van der Waals surface area (Å²) >= 11 is 0. The number of rotatable bonds is 6. The highest BCUT2D eigenvalue weighted by molar-refractivity contribution is 5.84. The summed E-state index contributed by atoms with van der Waals surface area (Å²) in [6.45, 7) is 4.84. The summed E-state index contributed by atoms with van der Waals surface area (Å²) in [7, 11) is 3.64. The van der Waals surface area contributed by atoms with Gasteiger partial charge < -0.3 is 15.5 Å². The van der Waals surface area contributed by atoms with Crippen molar-refractivity contribution in [3.8, 4) is 0 Å². The maximum Gasteiger partial charge on any atom is 0.227 e. The first-order valence-corrected chi connectivity index (χ1v) is 9.14. The average molecular weight is 345 g/mol. The maximum atomic E-state index is 13.1. The van der Waals surface area contributed by atoms with Gasteiger partial charge in [-0.3, -0.25) is 9.59 Å².